The number of phenolic OH excluding ortho intramolecular Hbond substituents is 2. The predicted molar refractivity (Wildman–Crippen MR) is 87.4 cm³/mol. The molecule has 1 unspecified atom stereocenters. The molecule has 6 heteroatoms. The standard InChI is InChI=1S/C18H13N3O3/c19-7-11-15(12-8-21-13-4-2-1-3-9(12)13)10-5-6-14(22)16(23)17(10)24-18(11)20/h1-6,8,15,21-23H,20H2. The number of allylic oxidation sites excluding steroid dienone is 1. The van der Waals surface area contributed by atoms with Crippen molar-refractivity contribution in [2.24, 2.45) is 5.73 Å². The Hall–Kier alpha value is -3.59. The average molecular weight is 319 g/mol. The smallest absolute Gasteiger partial charge is 0.205 e. The molecule has 0 saturated carbocycles. The van der Waals surface area contributed by atoms with Crippen molar-refractivity contribution in [1.29, 1.82) is 5.26 Å². The van der Waals surface area contributed by atoms with Crippen LogP contribution in [0.15, 0.2) is 54.1 Å². The number of aromatic amines is 1. The van der Waals surface area contributed by atoms with Crippen molar-refractivity contribution in [2.75, 3.05) is 0 Å². The lowest BCUT2D eigenvalue weighted by molar-refractivity contribution is 0.340. The lowest BCUT2D eigenvalue weighted by Gasteiger charge is -2.26. The van der Waals surface area contributed by atoms with Gasteiger partial charge in [-0.3, -0.25) is 0 Å². The molecule has 1 aliphatic rings. The van der Waals surface area contributed by atoms with E-state index >= 15 is 0 Å². The number of phenols is 2. The highest BCUT2D eigenvalue weighted by molar-refractivity contribution is 5.85. The molecule has 24 heavy (non-hydrogen) atoms. The first-order valence-electron chi connectivity index (χ1n) is 7.30. The lowest BCUT2D eigenvalue weighted by atomic mass is 9.83. The van der Waals surface area contributed by atoms with Crippen molar-refractivity contribution in [2.45, 2.75) is 5.92 Å². The van der Waals surface area contributed by atoms with E-state index in [0.29, 0.717) is 5.56 Å². The Kier molecular flexibility index (Phi) is 2.90. The average Bonchev–Trinajstić information content (AvgIpc) is 3.01. The highest BCUT2D eigenvalue weighted by Gasteiger charge is 2.34. The fraction of sp³-hybridized carbons (Fsp3) is 0.0556. The molecule has 5 N–H and O–H groups in total. The molecular formula is C18H13N3O3. The van der Waals surface area contributed by atoms with E-state index < -0.39 is 11.7 Å². The Morgan fingerprint density at radius 3 is 2.71 bits per heavy atom. The molecule has 0 aliphatic carbocycles. The Morgan fingerprint density at radius 1 is 1.12 bits per heavy atom. The third kappa shape index (κ3) is 1.82. The van der Waals surface area contributed by atoms with E-state index in [1.807, 2.05) is 30.5 Å². The Balaban J connectivity index is 2.03. The number of hydrogen-bond donors (Lipinski definition) is 4. The van der Waals surface area contributed by atoms with Crippen molar-refractivity contribution >= 4 is 10.9 Å². The largest absolute Gasteiger partial charge is 0.504 e. The molecule has 0 fully saturated rings. The molecule has 2 aromatic carbocycles. The molecular weight excluding hydrogens is 306 g/mol. The van der Waals surface area contributed by atoms with Gasteiger partial charge in [0.1, 0.15) is 11.6 Å². The molecule has 6 nitrogen and oxygen atoms in total. The number of nitriles is 1. The van der Waals surface area contributed by atoms with E-state index in [0.717, 1.165) is 16.5 Å². The summed E-state index contributed by atoms with van der Waals surface area (Å²) in [5.74, 6) is -1.21. The monoisotopic (exact) mass is 319 g/mol. The highest BCUT2D eigenvalue weighted by Crippen LogP contribution is 2.49. The summed E-state index contributed by atoms with van der Waals surface area (Å²) in [4.78, 5) is 3.18. The molecule has 4 rings (SSSR count). The van der Waals surface area contributed by atoms with Crippen LogP contribution in [0.3, 0.4) is 0 Å². The number of fused-ring (bicyclic) bond motifs is 2. The maximum Gasteiger partial charge on any atom is 0.205 e. The van der Waals surface area contributed by atoms with Gasteiger partial charge >= 0.3 is 0 Å². The number of nitrogens with one attached hydrogen (secondary N) is 1. The second-order valence-electron chi connectivity index (χ2n) is 5.57. The van der Waals surface area contributed by atoms with Crippen LogP contribution in [-0.4, -0.2) is 15.2 Å². The minimum atomic E-state index is -0.499. The SMILES string of the molecule is N#CC1=C(N)Oc2c(ccc(O)c2O)C1c1c[nH]c2ccccc12. The lowest BCUT2D eigenvalue weighted by Crippen LogP contribution is -2.21. The minimum absolute atomic E-state index is 0.0711. The van der Waals surface area contributed by atoms with Crippen LogP contribution in [-0.2, 0) is 0 Å². The predicted octanol–water partition coefficient (Wildman–Crippen LogP) is 2.80. The second-order valence-corrected chi connectivity index (χ2v) is 5.57. The van der Waals surface area contributed by atoms with Crippen molar-refractivity contribution in [3.63, 3.8) is 0 Å². The molecule has 2 heterocycles. The first-order valence-corrected chi connectivity index (χ1v) is 7.30. The number of hydrogen-bond acceptors (Lipinski definition) is 5. The van der Waals surface area contributed by atoms with Crippen LogP contribution in [0.2, 0.25) is 0 Å². The first kappa shape index (κ1) is 14.0. The van der Waals surface area contributed by atoms with Crippen LogP contribution in [0.25, 0.3) is 10.9 Å². The van der Waals surface area contributed by atoms with E-state index in [-0.39, 0.29) is 23.0 Å². The first-order chi connectivity index (χ1) is 11.6. The Labute approximate surface area is 137 Å². The minimum Gasteiger partial charge on any atom is -0.504 e. The summed E-state index contributed by atoms with van der Waals surface area (Å²) in [5.41, 5.74) is 8.50. The van der Waals surface area contributed by atoms with Crippen LogP contribution in [0, 0.1) is 11.3 Å². The van der Waals surface area contributed by atoms with Gasteiger partial charge in [0.15, 0.2) is 11.5 Å². The van der Waals surface area contributed by atoms with Gasteiger partial charge in [-0.25, -0.2) is 0 Å². The summed E-state index contributed by atoms with van der Waals surface area (Å²) in [7, 11) is 0. The van der Waals surface area contributed by atoms with Crippen molar-refractivity contribution < 1.29 is 14.9 Å². The third-order valence-corrected chi connectivity index (χ3v) is 4.27. The molecule has 0 radical (unpaired) electrons. The Morgan fingerprint density at radius 2 is 1.92 bits per heavy atom. The van der Waals surface area contributed by atoms with Gasteiger partial charge in [0.05, 0.1) is 5.92 Å². The number of nitrogens with two attached hydrogens (primary N) is 1. The van der Waals surface area contributed by atoms with Gasteiger partial charge in [-0.2, -0.15) is 5.26 Å². The van der Waals surface area contributed by atoms with Gasteiger partial charge in [-0.15, -0.1) is 0 Å². The second kappa shape index (κ2) is 4.96. The number of para-hydroxylation sites is 1. The molecule has 1 aliphatic heterocycles. The maximum absolute atomic E-state index is 10.1. The van der Waals surface area contributed by atoms with E-state index in [1.54, 1.807) is 6.07 Å². The number of nitrogens with zero attached hydrogens (tertiary/aromatic N) is 1. The molecule has 1 aromatic heterocycles. The third-order valence-electron chi connectivity index (χ3n) is 4.27. The zero-order valence-corrected chi connectivity index (χ0v) is 12.4. The van der Waals surface area contributed by atoms with Crippen LogP contribution < -0.4 is 10.5 Å². The van der Waals surface area contributed by atoms with Crippen molar-refractivity contribution in [3.8, 4) is 23.3 Å². The van der Waals surface area contributed by atoms with Gasteiger partial charge in [-0.1, -0.05) is 24.3 Å². The summed E-state index contributed by atoms with van der Waals surface area (Å²) < 4.78 is 5.40. The van der Waals surface area contributed by atoms with E-state index in [9.17, 15) is 15.5 Å². The van der Waals surface area contributed by atoms with Crippen molar-refractivity contribution in [3.05, 3.63) is 65.2 Å². The number of H-pyrrole nitrogens is 1. The Bertz CT molecular complexity index is 1040. The fourth-order valence-corrected chi connectivity index (χ4v) is 3.15. The topological polar surface area (TPSA) is 115 Å². The quantitative estimate of drug-likeness (QED) is 0.515. The normalized spacial score (nSPS) is 16.5. The van der Waals surface area contributed by atoms with Gasteiger partial charge in [-0.05, 0) is 17.7 Å². The zero-order valence-electron chi connectivity index (χ0n) is 12.4. The number of ether oxygens (including phenoxy) is 1. The molecule has 118 valence electrons. The molecule has 3 aromatic rings. The van der Waals surface area contributed by atoms with Crippen molar-refractivity contribution in [1.82, 2.24) is 4.98 Å². The van der Waals surface area contributed by atoms with Gasteiger partial charge in [0.2, 0.25) is 11.6 Å². The highest BCUT2D eigenvalue weighted by atomic mass is 16.5. The fourth-order valence-electron chi connectivity index (χ4n) is 3.15. The summed E-state index contributed by atoms with van der Waals surface area (Å²) in [5, 5.41) is 30.3. The van der Waals surface area contributed by atoms with E-state index in [1.165, 1.54) is 6.07 Å². The van der Waals surface area contributed by atoms with Gasteiger partial charge in [0.25, 0.3) is 0 Å². The number of benzene rings is 2. The number of aromatic nitrogens is 1. The molecule has 0 saturated heterocycles. The molecule has 1 atom stereocenters. The maximum atomic E-state index is 10.1. The number of rotatable bonds is 1. The van der Waals surface area contributed by atoms with E-state index in [4.69, 9.17) is 10.5 Å². The molecule has 0 amide bonds. The van der Waals surface area contributed by atoms with Gasteiger partial charge in [0, 0.05) is 22.7 Å². The molecule has 0 bridgehead atoms. The summed E-state index contributed by atoms with van der Waals surface area (Å²) in [6.07, 6.45) is 1.82. The summed E-state index contributed by atoms with van der Waals surface area (Å²) in [6.45, 7) is 0. The summed E-state index contributed by atoms with van der Waals surface area (Å²) >= 11 is 0. The van der Waals surface area contributed by atoms with Crippen LogP contribution in [0.5, 0.6) is 17.2 Å². The summed E-state index contributed by atoms with van der Waals surface area (Å²) in [6, 6.07) is 12.8. The van der Waals surface area contributed by atoms with Crippen LogP contribution in [0.4, 0.5) is 0 Å². The van der Waals surface area contributed by atoms with Crippen LogP contribution in [0.1, 0.15) is 17.0 Å². The van der Waals surface area contributed by atoms with E-state index in [2.05, 4.69) is 11.1 Å². The van der Waals surface area contributed by atoms with Crippen LogP contribution >= 0.6 is 0 Å². The number of aromatic hydroxyl groups is 2. The molecule has 0 spiro atoms. The van der Waals surface area contributed by atoms with Gasteiger partial charge < -0.3 is 25.7 Å². The zero-order chi connectivity index (χ0) is 16.8.